The molecule has 2 rings (SSSR count). The molecule has 0 aromatic heterocycles. The van der Waals surface area contributed by atoms with Crippen LogP contribution in [-0.2, 0) is 11.2 Å². The molecule has 0 radical (unpaired) electrons. The molecule has 3 nitrogen and oxygen atoms in total. The lowest BCUT2D eigenvalue weighted by Gasteiger charge is -2.39. The third-order valence-electron chi connectivity index (χ3n) is 4.64. The van der Waals surface area contributed by atoms with Gasteiger partial charge in [-0.1, -0.05) is 50.8 Å². The number of fused-ring (bicyclic) bond motifs is 1. The topological polar surface area (TPSA) is 46.5 Å². The lowest BCUT2D eigenvalue weighted by atomic mass is 9.85. The molecular weight excluding hydrogens is 349 g/mol. The number of hydrogen-bond acceptors (Lipinski definition) is 2. The second-order valence-corrected chi connectivity index (χ2v) is 12.4. The number of alkyl halides is 3. The molecule has 1 atom stereocenters. The average Bonchev–Trinajstić information content (AvgIpc) is 2.50. The van der Waals surface area contributed by atoms with Crippen molar-refractivity contribution in [1.29, 1.82) is 0 Å². The molecule has 7 heteroatoms. The number of hydrogen-bond donors (Lipinski definition) is 1. The molecule has 1 aromatic rings. The maximum Gasteiger partial charge on any atom is 0.432 e. The summed E-state index contributed by atoms with van der Waals surface area (Å²) in [5.74, 6) is -1.46. The summed E-state index contributed by atoms with van der Waals surface area (Å²) in [5.41, 5.74) is -2.49. The van der Waals surface area contributed by atoms with Gasteiger partial charge < -0.3 is 9.84 Å². The number of ether oxygens (including phenoxy) is 1. The summed E-state index contributed by atoms with van der Waals surface area (Å²) in [6.45, 7) is 9.53. The number of halogens is 3. The zero-order valence-corrected chi connectivity index (χ0v) is 16.0. The van der Waals surface area contributed by atoms with Crippen molar-refractivity contribution in [1.82, 2.24) is 0 Å². The van der Waals surface area contributed by atoms with Crippen molar-refractivity contribution in [3.63, 3.8) is 0 Å². The summed E-state index contributed by atoms with van der Waals surface area (Å²) in [4.78, 5) is 11.6. The van der Waals surface area contributed by atoms with Crippen LogP contribution in [0.15, 0.2) is 17.7 Å². The van der Waals surface area contributed by atoms with E-state index in [1.165, 1.54) is 6.92 Å². The summed E-state index contributed by atoms with van der Waals surface area (Å²) in [6, 6.07) is 3.68. The van der Waals surface area contributed by atoms with Crippen LogP contribution in [0.3, 0.4) is 0 Å². The van der Waals surface area contributed by atoms with Gasteiger partial charge in [-0.05, 0) is 24.5 Å². The first-order valence-electron chi connectivity index (χ1n) is 8.26. The number of rotatable bonds is 4. The molecule has 0 amide bonds. The molecule has 0 spiro atoms. The molecule has 138 valence electrons. The van der Waals surface area contributed by atoms with Crippen molar-refractivity contribution in [3.8, 4) is 5.75 Å². The highest BCUT2D eigenvalue weighted by Crippen LogP contribution is 2.48. The van der Waals surface area contributed by atoms with Crippen LogP contribution in [0, 0.1) is 0 Å². The normalized spacial score (nSPS) is 20.6. The largest absolute Gasteiger partial charge is 0.478 e. The molecule has 25 heavy (non-hydrogen) atoms. The first kappa shape index (κ1) is 19.6. The second-order valence-electron chi connectivity index (χ2n) is 7.30. The Balaban J connectivity index is 2.81. The summed E-state index contributed by atoms with van der Waals surface area (Å²) in [5, 5.41) is 10.5. The molecule has 0 fully saturated rings. The Morgan fingerprint density at radius 3 is 2.24 bits per heavy atom. The van der Waals surface area contributed by atoms with Gasteiger partial charge in [0.05, 0.1) is 13.6 Å². The van der Waals surface area contributed by atoms with E-state index >= 15 is 0 Å². The van der Waals surface area contributed by atoms with Crippen LogP contribution in [0.4, 0.5) is 13.2 Å². The first-order valence-corrected chi connectivity index (χ1v) is 11.8. The van der Waals surface area contributed by atoms with E-state index in [9.17, 15) is 23.1 Å². The lowest BCUT2D eigenvalue weighted by Crippen LogP contribution is -2.54. The average molecular weight is 372 g/mol. The highest BCUT2D eigenvalue weighted by atomic mass is 28.3. The van der Waals surface area contributed by atoms with Crippen LogP contribution >= 0.6 is 0 Å². The van der Waals surface area contributed by atoms with E-state index in [1.54, 1.807) is 6.07 Å². The Labute approximate surface area is 146 Å². The van der Waals surface area contributed by atoms with Crippen molar-refractivity contribution in [3.05, 3.63) is 28.8 Å². The fourth-order valence-electron chi connectivity index (χ4n) is 3.05. The zero-order chi connectivity index (χ0) is 19.2. The van der Waals surface area contributed by atoms with Gasteiger partial charge >= 0.3 is 12.1 Å². The first-order chi connectivity index (χ1) is 11.4. The van der Waals surface area contributed by atoms with E-state index in [4.69, 9.17) is 4.74 Å². The van der Waals surface area contributed by atoms with E-state index in [2.05, 4.69) is 19.6 Å². The third kappa shape index (κ3) is 3.21. The van der Waals surface area contributed by atoms with Crippen molar-refractivity contribution in [2.24, 2.45) is 0 Å². The molecule has 1 unspecified atom stereocenters. The minimum Gasteiger partial charge on any atom is -0.478 e. The van der Waals surface area contributed by atoms with Gasteiger partial charge in [0.1, 0.15) is 5.75 Å². The van der Waals surface area contributed by atoms with E-state index in [0.29, 0.717) is 17.5 Å². The standard InChI is InChI=1S/C18H23F3O3Si/c1-6-11-8-13(25(3,4)5)9-12-10-14(16(22)23)17(7-2,18(19,20)21)24-15(11)12/h8-10H,6-7H2,1-5H3,(H,22,23). The minimum atomic E-state index is -4.83. The Hall–Kier alpha value is -1.76. The van der Waals surface area contributed by atoms with E-state index in [-0.39, 0.29) is 5.75 Å². The van der Waals surface area contributed by atoms with Crippen molar-refractivity contribution in [2.75, 3.05) is 0 Å². The van der Waals surface area contributed by atoms with Gasteiger partial charge in [0.15, 0.2) is 0 Å². The van der Waals surface area contributed by atoms with Gasteiger partial charge in [-0.3, -0.25) is 0 Å². The molecule has 1 heterocycles. The van der Waals surface area contributed by atoms with E-state index in [1.807, 2.05) is 13.0 Å². The Morgan fingerprint density at radius 1 is 1.24 bits per heavy atom. The maximum atomic E-state index is 13.8. The summed E-state index contributed by atoms with van der Waals surface area (Å²) in [6.07, 6.45) is -3.69. The molecular formula is C18H23F3O3Si. The SMILES string of the molecule is CCc1cc([Si](C)(C)C)cc2c1OC(CC)(C(F)(F)F)C(C(=O)O)=C2. The van der Waals surface area contributed by atoms with Crippen LogP contribution < -0.4 is 9.92 Å². The van der Waals surface area contributed by atoms with Gasteiger partial charge in [0.2, 0.25) is 5.60 Å². The van der Waals surface area contributed by atoms with Gasteiger partial charge in [-0.2, -0.15) is 13.2 Å². The fourth-order valence-corrected chi connectivity index (χ4v) is 4.25. The number of carbonyl (C=O) groups is 1. The number of aliphatic carboxylic acids is 1. The monoisotopic (exact) mass is 372 g/mol. The van der Waals surface area contributed by atoms with E-state index in [0.717, 1.165) is 11.3 Å². The van der Waals surface area contributed by atoms with Gasteiger partial charge in [0.25, 0.3) is 0 Å². The van der Waals surface area contributed by atoms with Crippen LogP contribution in [0.25, 0.3) is 6.08 Å². The molecule has 0 saturated heterocycles. The summed E-state index contributed by atoms with van der Waals surface area (Å²) in [7, 11) is -1.72. The number of benzene rings is 1. The Morgan fingerprint density at radius 2 is 1.84 bits per heavy atom. The van der Waals surface area contributed by atoms with Crippen molar-refractivity contribution < 1.29 is 27.8 Å². The molecule has 1 aliphatic heterocycles. The number of carboxylic acid groups (broad SMARTS) is 1. The minimum absolute atomic E-state index is 0.147. The van der Waals surface area contributed by atoms with Crippen molar-refractivity contribution in [2.45, 2.75) is 58.1 Å². The van der Waals surface area contributed by atoms with Crippen molar-refractivity contribution >= 4 is 25.3 Å². The zero-order valence-electron chi connectivity index (χ0n) is 15.0. The smallest absolute Gasteiger partial charge is 0.432 e. The molecule has 1 aliphatic rings. The summed E-state index contributed by atoms with van der Waals surface area (Å²) >= 11 is 0. The van der Waals surface area contributed by atoms with Gasteiger partial charge in [-0.25, -0.2) is 4.79 Å². The molecule has 1 aromatic carbocycles. The Bertz CT molecular complexity index is 732. The van der Waals surface area contributed by atoms with Crippen LogP contribution in [0.2, 0.25) is 19.6 Å². The quantitative estimate of drug-likeness (QED) is 0.799. The van der Waals surface area contributed by atoms with Crippen LogP contribution in [0.5, 0.6) is 5.75 Å². The van der Waals surface area contributed by atoms with Crippen LogP contribution in [0.1, 0.15) is 31.4 Å². The number of aryl methyl sites for hydroxylation is 1. The van der Waals surface area contributed by atoms with Crippen LogP contribution in [-0.4, -0.2) is 30.9 Å². The maximum absolute atomic E-state index is 13.8. The predicted molar refractivity (Wildman–Crippen MR) is 94.1 cm³/mol. The molecule has 0 saturated carbocycles. The molecule has 0 bridgehead atoms. The predicted octanol–water partition coefficient (Wildman–Crippen LogP) is 4.37. The Kier molecular flexibility index (Phi) is 4.85. The highest BCUT2D eigenvalue weighted by molar-refractivity contribution is 6.88. The lowest BCUT2D eigenvalue weighted by molar-refractivity contribution is -0.236. The molecule has 0 aliphatic carbocycles. The molecule has 1 N–H and O–H groups in total. The van der Waals surface area contributed by atoms with Gasteiger partial charge in [-0.15, -0.1) is 0 Å². The van der Waals surface area contributed by atoms with E-state index < -0.39 is 37.8 Å². The third-order valence-corrected chi connectivity index (χ3v) is 6.66. The summed E-state index contributed by atoms with van der Waals surface area (Å²) < 4.78 is 46.8. The highest BCUT2D eigenvalue weighted by Gasteiger charge is 2.62. The van der Waals surface area contributed by atoms with Gasteiger partial charge in [0, 0.05) is 5.56 Å². The fraction of sp³-hybridized carbons (Fsp3) is 0.500. The second kappa shape index (κ2) is 6.19. The number of carboxylic acids is 1.